The highest BCUT2D eigenvalue weighted by molar-refractivity contribution is 5.97. The first kappa shape index (κ1) is 15.5. The Bertz CT molecular complexity index is 512. The van der Waals surface area contributed by atoms with Crippen LogP contribution in [0.3, 0.4) is 0 Å². The number of aryl methyl sites for hydroxylation is 1. The molecule has 0 radical (unpaired) electrons. The van der Waals surface area contributed by atoms with Gasteiger partial charge in [-0.2, -0.15) is 0 Å². The molecule has 0 saturated carbocycles. The molecule has 1 aromatic carbocycles. The number of hydrogen-bond donors (Lipinski definition) is 1. The number of carboxylic acid groups (broad SMARTS) is 1. The van der Waals surface area contributed by atoms with Gasteiger partial charge >= 0.3 is 5.97 Å². The number of carboxylic acids is 1. The van der Waals surface area contributed by atoms with Gasteiger partial charge < -0.3 is 14.7 Å². The Balaban J connectivity index is 2.20. The molecule has 1 aromatic rings. The maximum atomic E-state index is 12.7. The van der Waals surface area contributed by atoms with Gasteiger partial charge in [0.15, 0.2) is 0 Å². The van der Waals surface area contributed by atoms with Crippen molar-refractivity contribution in [2.24, 2.45) is 5.92 Å². The van der Waals surface area contributed by atoms with Crippen LogP contribution in [0.5, 0.6) is 0 Å². The van der Waals surface area contributed by atoms with Crippen molar-refractivity contribution in [3.05, 3.63) is 29.8 Å². The second-order valence-electron chi connectivity index (χ2n) is 5.53. The zero-order valence-corrected chi connectivity index (χ0v) is 12.4. The van der Waals surface area contributed by atoms with Crippen LogP contribution in [0, 0.1) is 12.8 Å². The molecule has 2 unspecified atom stereocenters. The monoisotopic (exact) mass is 291 g/mol. The lowest BCUT2D eigenvalue weighted by molar-refractivity contribution is -0.136. The lowest BCUT2D eigenvalue weighted by atomic mass is 10.0. The Kier molecular flexibility index (Phi) is 4.96. The molecule has 5 nitrogen and oxygen atoms in total. The molecule has 1 heterocycles. The molecule has 0 spiro atoms. The van der Waals surface area contributed by atoms with E-state index in [1.54, 1.807) is 0 Å². The summed E-state index contributed by atoms with van der Waals surface area (Å²) >= 11 is 0. The predicted octanol–water partition coefficient (Wildman–Crippen LogP) is 2.23. The van der Waals surface area contributed by atoms with Gasteiger partial charge in [0.25, 0.3) is 5.91 Å². The van der Waals surface area contributed by atoms with Gasteiger partial charge in [0.05, 0.1) is 6.42 Å². The van der Waals surface area contributed by atoms with E-state index in [2.05, 4.69) is 0 Å². The summed E-state index contributed by atoms with van der Waals surface area (Å²) in [5, 5.41) is 8.88. The molecular weight excluding hydrogens is 270 g/mol. The molecule has 21 heavy (non-hydrogen) atoms. The first-order valence-corrected chi connectivity index (χ1v) is 7.20. The summed E-state index contributed by atoms with van der Waals surface area (Å²) in [5.41, 5.74) is 1.81. The van der Waals surface area contributed by atoms with Crippen molar-refractivity contribution in [1.29, 1.82) is 0 Å². The van der Waals surface area contributed by atoms with Gasteiger partial charge in [0.1, 0.15) is 6.10 Å². The number of aliphatic carboxylic acids is 1. The minimum atomic E-state index is -0.916. The molecule has 0 aliphatic carbocycles. The van der Waals surface area contributed by atoms with Crippen LogP contribution in [0.2, 0.25) is 0 Å². The fraction of sp³-hybridized carbons (Fsp3) is 0.500. The number of anilines is 1. The Labute approximate surface area is 124 Å². The Hall–Kier alpha value is -1.88. The van der Waals surface area contributed by atoms with Crippen molar-refractivity contribution in [2.45, 2.75) is 32.8 Å². The molecule has 114 valence electrons. The van der Waals surface area contributed by atoms with E-state index in [-0.39, 0.29) is 24.8 Å². The van der Waals surface area contributed by atoms with Gasteiger partial charge in [-0.25, -0.2) is 0 Å². The first-order valence-electron chi connectivity index (χ1n) is 7.20. The summed E-state index contributed by atoms with van der Waals surface area (Å²) in [5.74, 6) is -0.902. The van der Waals surface area contributed by atoms with Gasteiger partial charge in [-0.1, -0.05) is 24.6 Å². The highest BCUT2D eigenvalue weighted by Gasteiger charge is 2.34. The normalized spacial score (nSPS) is 21.2. The highest BCUT2D eigenvalue weighted by Crippen LogP contribution is 2.25. The molecule has 5 heteroatoms. The van der Waals surface area contributed by atoms with Gasteiger partial charge in [-0.3, -0.25) is 9.59 Å². The van der Waals surface area contributed by atoms with Gasteiger partial charge in [0, 0.05) is 18.8 Å². The maximum Gasteiger partial charge on any atom is 0.305 e. The maximum absolute atomic E-state index is 12.7. The summed E-state index contributed by atoms with van der Waals surface area (Å²) in [4.78, 5) is 25.0. The summed E-state index contributed by atoms with van der Waals surface area (Å²) in [7, 11) is 0. The van der Waals surface area contributed by atoms with Crippen LogP contribution >= 0.6 is 0 Å². The summed E-state index contributed by atoms with van der Waals surface area (Å²) in [6.45, 7) is 4.69. The molecule has 0 aromatic heterocycles. The third-order valence-corrected chi connectivity index (χ3v) is 3.79. The van der Waals surface area contributed by atoms with E-state index in [0.717, 1.165) is 17.7 Å². The fourth-order valence-corrected chi connectivity index (χ4v) is 2.46. The molecule has 1 aliphatic rings. The second-order valence-corrected chi connectivity index (χ2v) is 5.53. The predicted molar refractivity (Wildman–Crippen MR) is 79.3 cm³/mol. The Morgan fingerprint density at radius 1 is 1.33 bits per heavy atom. The molecule has 1 amide bonds. The van der Waals surface area contributed by atoms with Crippen LogP contribution in [0.15, 0.2) is 24.3 Å². The number of amides is 1. The van der Waals surface area contributed by atoms with E-state index >= 15 is 0 Å². The van der Waals surface area contributed by atoms with Crippen molar-refractivity contribution in [3.63, 3.8) is 0 Å². The van der Waals surface area contributed by atoms with E-state index in [1.165, 1.54) is 4.90 Å². The molecule has 1 N–H and O–H groups in total. The van der Waals surface area contributed by atoms with Gasteiger partial charge in [-0.15, -0.1) is 0 Å². The van der Waals surface area contributed by atoms with E-state index in [4.69, 9.17) is 9.84 Å². The number of carbonyl (C=O) groups excluding carboxylic acids is 1. The molecular formula is C16H21NO4. The fourth-order valence-electron chi connectivity index (χ4n) is 2.46. The SMILES string of the molecule is Cc1ccc(N(CCC(=O)O)C(=O)C2OCCC2C)cc1. The van der Waals surface area contributed by atoms with E-state index < -0.39 is 12.1 Å². The third kappa shape index (κ3) is 3.82. The van der Waals surface area contributed by atoms with Crippen LogP contribution in [-0.2, 0) is 14.3 Å². The largest absolute Gasteiger partial charge is 0.481 e. The Morgan fingerprint density at radius 3 is 2.52 bits per heavy atom. The first-order chi connectivity index (χ1) is 9.99. The van der Waals surface area contributed by atoms with Crippen molar-refractivity contribution in [2.75, 3.05) is 18.1 Å². The van der Waals surface area contributed by atoms with Crippen molar-refractivity contribution >= 4 is 17.6 Å². The van der Waals surface area contributed by atoms with E-state index in [0.29, 0.717) is 6.61 Å². The third-order valence-electron chi connectivity index (χ3n) is 3.79. The molecule has 1 aliphatic heterocycles. The van der Waals surface area contributed by atoms with E-state index in [9.17, 15) is 9.59 Å². The number of benzene rings is 1. The lowest BCUT2D eigenvalue weighted by Crippen LogP contribution is -2.42. The zero-order valence-electron chi connectivity index (χ0n) is 12.4. The second kappa shape index (κ2) is 6.72. The molecule has 2 atom stereocenters. The minimum absolute atomic E-state index is 0.0826. The standard InChI is InChI=1S/C16H21NO4/c1-11-3-5-13(6-4-11)17(9-7-14(18)19)16(20)15-12(2)8-10-21-15/h3-6,12,15H,7-10H2,1-2H3,(H,18,19). The summed E-state index contributed by atoms with van der Waals surface area (Å²) < 4.78 is 5.52. The van der Waals surface area contributed by atoms with Crippen molar-refractivity contribution < 1.29 is 19.4 Å². The smallest absolute Gasteiger partial charge is 0.305 e. The van der Waals surface area contributed by atoms with E-state index in [1.807, 2.05) is 38.1 Å². The number of carbonyl (C=O) groups is 2. The quantitative estimate of drug-likeness (QED) is 0.903. The van der Waals surface area contributed by atoms with Crippen LogP contribution in [0.25, 0.3) is 0 Å². The average molecular weight is 291 g/mol. The minimum Gasteiger partial charge on any atom is -0.481 e. The molecule has 1 saturated heterocycles. The van der Waals surface area contributed by atoms with Crippen molar-refractivity contribution in [3.8, 4) is 0 Å². The topological polar surface area (TPSA) is 66.8 Å². The van der Waals surface area contributed by atoms with Crippen LogP contribution in [0.4, 0.5) is 5.69 Å². The summed E-state index contributed by atoms with van der Waals surface area (Å²) in [6, 6.07) is 7.51. The van der Waals surface area contributed by atoms with Crippen molar-refractivity contribution in [1.82, 2.24) is 0 Å². The number of nitrogens with zero attached hydrogens (tertiary/aromatic N) is 1. The number of ether oxygens (including phenoxy) is 1. The van der Waals surface area contributed by atoms with Crippen LogP contribution in [0.1, 0.15) is 25.3 Å². The van der Waals surface area contributed by atoms with Gasteiger partial charge in [-0.05, 0) is 31.4 Å². The zero-order chi connectivity index (χ0) is 15.4. The van der Waals surface area contributed by atoms with Crippen LogP contribution in [-0.4, -0.2) is 36.2 Å². The molecule has 1 fully saturated rings. The van der Waals surface area contributed by atoms with Crippen LogP contribution < -0.4 is 4.90 Å². The molecule has 2 rings (SSSR count). The number of hydrogen-bond acceptors (Lipinski definition) is 3. The lowest BCUT2D eigenvalue weighted by Gasteiger charge is -2.26. The highest BCUT2D eigenvalue weighted by atomic mass is 16.5. The Morgan fingerprint density at radius 2 is 2.00 bits per heavy atom. The van der Waals surface area contributed by atoms with Gasteiger partial charge in [0.2, 0.25) is 0 Å². The number of rotatable bonds is 5. The molecule has 0 bridgehead atoms. The average Bonchev–Trinajstić information content (AvgIpc) is 2.86. The summed E-state index contributed by atoms with van der Waals surface area (Å²) in [6.07, 6.45) is 0.303.